The van der Waals surface area contributed by atoms with E-state index >= 15 is 0 Å². The van der Waals surface area contributed by atoms with Gasteiger partial charge in [-0.05, 0) is 42.8 Å². The molecule has 0 spiro atoms. The lowest BCUT2D eigenvalue weighted by Gasteiger charge is -2.32. The first-order valence-electron chi connectivity index (χ1n) is 10.8. The number of nitrogens with zero attached hydrogens (tertiary/aromatic N) is 2. The molecule has 2 heterocycles. The molecule has 0 aliphatic carbocycles. The summed E-state index contributed by atoms with van der Waals surface area (Å²) in [6, 6.07) is 11.0. The van der Waals surface area contributed by atoms with E-state index in [1.807, 2.05) is 0 Å². The number of hydrogen-bond acceptors (Lipinski definition) is 7. The maximum Gasteiger partial charge on any atom is 0.275 e. The lowest BCUT2D eigenvalue weighted by Crippen LogP contribution is -2.43. The molecule has 2 aliphatic heterocycles. The van der Waals surface area contributed by atoms with Crippen LogP contribution in [0.15, 0.2) is 53.7 Å². The molecule has 1 fully saturated rings. The number of ether oxygens (including phenoxy) is 2. The summed E-state index contributed by atoms with van der Waals surface area (Å²) in [5.41, 5.74) is 6.40. The van der Waals surface area contributed by atoms with Crippen molar-refractivity contribution in [1.29, 1.82) is 5.41 Å². The van der Waals surface area contributed by atoms with Crippen LogP contribution in [0, 0.1) is 11.2 Å². The molecule has 0 saturated carbocycles. The summed E-state index contributed by atoms with van der Waals surface area (Å²) in [7, 11) is 1.34. The third-order valence-electron chi connectivity index (χ3n) is 5.77. The Morgan fingerprint density at radius 1 is 1.11 bits per heavy atom. The van der Waals surface area contributed by atoms with E-state index in [9.17, 15) is 18.8 Å². The molecule has 1 saturated heterocycles. The molecule has 2 aromatic rings. The van der Waals surface area contributed by atoms with Crippen LogP contribution in [0.3, 0.4) is 0 Å². The third kappa shape index (κ3) is 4.85. The Morgan fingerprint density at radius 3 is 2.40 bits per heavy atom. The van der Waals surface area contributed by atoms with E-state index in [4.69, 9.17) is 20.6 Å². The quantitative estimate of drug-likeness (QED) is 0.516. The van der Waals surface area contributed by atoms with E-state index in [2.05, 4.69) is 5.32 Å². The largest absolute Gasteiger partial charge is 0.494 e. The van der Waals surface area contributed by atoms with Crippen molar-refractivity contribution in [3.05, 3.63) is 59.6 Å². The van der Waals surface area contributed by atoms with Crippen LogP contribution in [0.5, 0.6) is 5.75 Å². The van der Waals surface area contributed by atoms with Crippen molar-refractivity contribution in [2.75, 3.05) is 48.5 Å². The molecule has 0 bridgehead atoms. The summed E-state index contributed by atoms with van der Waals surface area (Å²) in [6.45, 7) is 1.10. The minimum absolute atomic E-state index is 0.0206. The second-order valence-electron chi connectivity index (χ2n) is 7.89. The lowest BCUT2D eigenvalue weighted by atomic mass is 9.98. The number of amides is 3. The van der Waals surface area contributed by atoms with Crippen LogP contribution in [0.4, 0.5) is 21.5 Å². The predicted molar refractivity (Wildman–Crippen MR) is 127 cm³/mol. The third-order valence-corrected chi connectivity index (χ3v) is 5.77. The molecule has 3 amide bonds. The van der Waals surface area contributed by atoms with Gasteiger partial charge in [-0.2, -0.15) is 0 Å². The average molecular weight is 481 g/mol. The number of nitrogens with two attached hydrogens (primary N) is 1. The van der Waals surface area contributed by atoms with E-state index in [0.717, 1.165) is 6.07 Å². The van der Waals surface area contributed by atoms with E-state index in [1.54, 1.807) is 29.2 Å². The molecule has 2 aromatic carbocycles. The van der Waals surface area contributed by atoms with Gasteiger partial charge in [0.1, 0.15) is 18.0 Å². The number of morpholine rings is 1. The standard InChI is InChI=1S/C24H24FN5O5/c1-34-19-7-2-14(12-18(19)25)28-22-17(21(26)23(27)32)8-9-30(24(22)33)16-5-3-15(4-6-16)29-10-11-35-13-20(29)31/h2-7,12,26,28H,8-11,13H2,1H3,(H2,27,32). The van der Waals surface area contributed by atoms with Crippen LogP contribution in [-0.2, 0) is 19.1 Å². The predicted octanol–water partition coefficient (Wildman–Crippen LogP) is 1.81. The van der Waals surface area contributed by atoms with Crippen molar-refractivity contribution < 1.29 is 28.2 Å². The van der Waals surface area contributed by atoms with Crippen LogP contribution in [0.25, 0.3) is 0 Å². The monoisotopic (exact) mass is 481 g/mol. The smallest absolute Gasteiger partial charge is 0.275 e. The molecule has 4 N–H and O–H groups in total. The second kappa shape index (κ2) is 9.94. The Labute approximate surface area is 200 Å². The molecule has 2 aliphatic rings. The first-order chi connectivity index (χ1) is 16.8. The van der Waals surface area contributed by atoms with Crippen LogP contribution >= 0.6 is 0 Å². The highest BCUT2D eigenvalue weighted by molar-refractivity contribution is 6.44. The van der Waals surface area contributed by atoms with E-state index in [0.29, 0.717) is 24.5 Å². The number of hydrogen-bond donors (Lipinski definition) is 3. The maximum atomic E-state index is 14.2. The number of benzene rings is 2. The number of nitrogens with one attached hydrogen (secondary N) is 2. The Morgan fingerprint density at radius 2 is 1.80 bits per heavy atom. The average Bonchev–Trinajstić information content (AvgIpc) is 2.85. The lowest BCUT2D eigenvalue weighted by molar-refractivity contribution is -0.125. The van der Waals surface area contributed by atoms with Gasteiger partial charge < -0.3 is 30.3 Å². The second-order valence-corrected chi connectivity index (χ2v) is 7.89. The van der Waals surface area contributed by atoms with Crippen molar-refractivity contribution in [2.45, 2.75) is 6.42 Å². The summed E-state index contributed by atoms with van der Waals surface area (Å²) in [5.74, 6) is -2.23. The van der Waals surface area contributed by atoms with Crippen molar-refractivity contribution >= 4 is 40.5 Å². The van der Waals surface area contributed by atoms with Crippen LogP contribution in [0.1, 0.15) is 6.42 Å². The van der Waals surface area contributed by atoms with Crippen LogP contribution < -0.4 is 25.6 Å². The number of carbonyl (C=O) groups excluding carboxylic acids is 3. The van der Waals surface area contributed by atoms with Gasteiger partial charge in [-0.3, -0.25) is 19.8 Å². The number of primary amides is 1. The number of rotatable bonds is 7. The molecule has 35 heavy (non-hydrogen) atoms. The molecular formula is C24H24FN5O5. The summed E-state index contributed by atoms with van der Waals surface area (Å²) < 4.78 is 24.3. The van der Waals surface area contributed by atoms with E-state index in [-0.39, 0.29) is 48.2 Å². The Hall–Kier alpha value is -4.25. The summed E-state index contributed by atoms with van der Waals surface area (Å²) in [5, 5.41) is 10.9. The van der Waals surface area contributed by atoms with Gasteiger partial charge in [0, 0.05) is 41.8 Å². The first-order valence-corrected chi connectivity index (χ1v) is 10.8. The zero-order valence-electron chi connectivity index (χ0n) is 19.0. The Kier molecular flexibility index (Phi) is 6.78. The van der Waals surface area contributed by atoms with Crippen LogP contribution in [-0.4, -0.2) is 56.8 Å². The van der Waals surface area contributed by atoms with Crippen molar-refractivity contribution in [2.24, 2.45) is 5.73 Å². The summed E-state index contributed by atoms with van der Waals surface area (Å²) in [6.07, 6.45) is 0.179. The normalized spacial score (nSPS) is 16.4. The first kappa shape index (κ1) is 23.9. The van der Waals surface area contributed by atoms with Gasteiger partial charge in [-0.15, -0.1) is 0 Å². The molecule has 182 valence electrons. The Balaban J connectivity index is 1.63. The molecule has 0 atom stereocenters. The van der Waals surface area contributed by atoms with Gasteiger partial charge in [-0.1, -0.05) is 0 Å². The minimum atomic E-state index is -0.971. The molecule has 10 nitrogen and oxygen atoms in total. The molecule has 0 unspecified atom stereocenters. The maximum absolute atomic E-state index is 14.2. The molecule has 4 rings (SSSR count). The van der Waals surface area contributed by atoms with Crippen LogP contribution in [0.2, 0.25) is 0 Å². The minimum Gasteiger partial charge on any atom is -0.494 e. The summed E-state index contributed by atoms with van der Waals surface area (Å²) >= 11 is 0. The SMILES string of the molecule is COc1ccc(NC2=C(C(=N)C(N)=O)CCN(c3ccc(N4CCOCC4=O)cc3)C2=O)cc1F. The zero-order valence-corrected chi connectivity index (χ0v) is 19.0. The van der Waals surface area contributed by atoms with E-state index in [1.165, 1.54) is 24.1 Å². The fourth-order valence-corrected chi connectivity index (χ4v) is 3.98. The van der Waals surface area contributed by atoms with Gasteiger partial charge in [0.15, 0.2) is 11.6 Å². The molecule has 11 heteroatoms. The number of carbonyl (C=O) groups is 3. The number of anilines is 3. The topological polar surface area (TPSA) is 138 Å². The van der Waals surface area contributed by atoms with Gasteiger partial charge in [-0.25, -0.2) is 4.39 Å². The number of halogens is 1. The molecular weight excluding hydrogens is 457 g/mol. The highest BCUT2D eigenvalue weighted by Crippen LogP contribution is 2.30. The fraction of sp³-hybridized carbons (Fsp3) is 0.250. The van der Waals surface area contributed by atoms with E-state index < -0.39 is 23.3 Å². The number of methoxy groups -OCH3 is 1. The molecule has 0 radical (unpaired) electrons. The highest BCUT2D eigenvalue weighted by Gasteiger charge is 2.32. The Bertz CT molecular complexity index is 1230. The molecule has 0 aromatic heterocycles. The van der Waals surface area contributed by atoms with Crippen molar-refractivity contribution in [1.82, 2.24) is 0 Å². The van der Waals surface area contributed by atoms with Gasteiger partial charge in [0.2, 0.25) is 0 Å². The summed E-state index contributed by atoms with van der Waals surface area (Å²) in [4.78, 5) is 40.4. The van der Waals surface area contributed by atoms with Gasteiger partial charge in [0.25, 0.3) is 17.7 Å². The zero-order chi connectivity index (χ0) is 25.1. The fourth-order valence-electron chi connectivity index (χ4n) is 3.98. The van der Waals surface area contributed by atoms with Gasteiger partial charge >= 0.3 is 0 Å². The van der Waals surface area contributed by atoms with Crippen molar-refractivity contribution in [3.8, 4) is 5.75 Å². The van der Waals surface area contributed by atoms with Gasteiger partial charge in [0.05, 0.1) is 13.7 Å². The highest BCUT2D eigenvalue weighted by atomic mass is 19.1. The van der Waals surface area contributed by atoms with Crippen molar-refractivity contribution in [3.63, 3.8) is 0 Å².